The summed E-state index contributed by atoms with van der Waals surface area (Å²) in [6.45, 7) is 11.4. The molecule has 0 amide bonds. The van der Waals surface area contributed by atoms with E-state index in [9.17, 15) is 0 Å². The van der Waals surface area contributed by atoms with E-state index >= 15 is 0 Å². The maximum Gasteiger partial charge on any atom is 0.218 e. The van der Waals surface area contributed by atoms with Crippen molar-refractivity contribution in [2.45, 2.75) is 46.1 Å². The van der Waals surface area contributed by atoms with E-state index in [0.29, 0.717) is 19.1 Å². The Morgan fingerprint density at radius 3 is 2.56 bits per heavy atom. The second-order valence-electron chi connectivity index (χ2n) is 5.19. The number of aromatic nitrogens is 2. The highest BCUT2D eigenvalue weighted by Crippen LogP contribution is 2.23. The first-order chi connectivity index (χ1) is 8.32. The Bertz CT molecular complexity index is 391. The Hall–Kier alpha value is -0.680. The van der Waals surface area contributed by atoms with Gasteiger partial charge in [0.2, 0.25) is 5.88 Å². The zero-order valence-electron chi connectivity index (χ0n) is 11.7. The van der Waals surface area contributed by atoms with Gasteiger partial charge in [-0.2, -0.15) is 4.98 Å². The fourth-order valence-electron chi connectivity index (χ4n) is 1.32. The molecule has 1 unspecified atom stereocenters. The van der Waals surface area contributed by atoms with Crippen LogP contribution in [-0.2, 0) is 10.2 Å². The number of rotatable bonds is 5. The van der Waals surface area contributed by atoms with Gasteiger partial charge in [-0.25, -0.2) is 4.98 Å². The monoisotopic (exact) mass is 316 g/mol. The third-order valence-electron chi connectivity index (χ3n) is 2.22. The number of halogens is 1. The first-order valence-corrected chi connectivity index (χ1v) is 6.91. The van der Waals surface area contributed by atoms with E-state index in [0.717, 1.165) is 10.4 Å². The molecule has 102 valence electrons. The molecule has 0 radical (unpaired) electrons. The van der Waals surface area contributed by atoms with Crippen molar-refractivity contribution in [2.24, 2.45) is 0 Å². The predicted molar refractivity (Wildman–Crippen MR) is 75.0 cm³/mol. The first-order valence-electron chi connectivity index (χ1n) is 6.12. The van der Waals surface area contributed by atoms with Gasteiger partial charge in [0.05, 0.1) is 6.61 Å². The maximum atomic E-state index is 5.73. The minimum absolute atomic E-state index is 0.0282. The summed E-state index contributed by atoms with van der Waals surface area (Å²) in [6.07, 6.45) is -0.0282. The number of ether oxygens (including phenoxy) is 2. The van der Waals surface area contributed by atoms with E-state index in [2.05, 4.69) is 46.7 Å². The van der Waals surface area contributed by atoms with Crippen LogP contribution in [0.4, 0.5) is 0 Å². The van der Waals surface area contributed by atoms with Crippen LogP contribution in [0.2, 0.25) is 0 Å². The standard InChI is InChI=1S/C13H21BrN2O2/c1-6-17-8-9(2)18-11-7-10(14)15-12(16-11)13(3,4)5/h7,9H,6,8H2,1-5H3. The molecule has 0 bridgehead atoms. The van der Waals surface area contributed by atoms with Crippen LogP contribution < -0.4 is 4.74 Å². The molecule has 4 nitrogen and oxygen atoms in total. The van der Waals surface area contributed by atoms with Crippen molar-refractivity contribution in [2.75, 3.05) is 13.2 Å². The summed E-state index contributed by atoms with van der Waals surface area (Å²) in [5, 5.41) is 0. The number of nitrogens with zero attached hydrogens (tertiary/aromatic N) is 2. The lowest BCUT2D eigenvalue weighted by molar-refractivity contribution is 0.0630. The molecule has 1 rings (SSSR count). The summed E-state index contributed by atoms with van der Waals surface area (Å²) in [6, 6.07) is 1.78. The van der Waals surface area contributed by atoms with Crippen molar-refractivity contribution in [1.29, 1.82) is 0 Å². The third-order valence-corrected chi connectivity index (χ3v) is 2.63. The summed E-state index contributed by atoms with van der Waals surface area (Å²) >= 11 is 3.39. The Labute approximate surface area is 117 Å². The van der Waals surface area contributed by atoms with E-state index in [1.54, 1.807) is 6.07 Å². The topological polar surface area (TPSA) is 44.2 Å². The molecule has 5 heteroatoms. The highest BCUT2D eigenvalue weighted by atomic mass is 79.9. The summed E-state index contributed by atoms with van der Waals surface area (Å²) in [4.78, 5) is 8.80. The maximum absolute atomic E-state index is 5.73. The SMILES string of the molecule is CCOCC(C)Oc1cc(Br)nc(C(C)(C)C)n1. The molecule has 1 aromatic rings. The van der Waals surface area contributed by atoms with Gasteiger partial charge in [-0.05, 0) is 29.8 Å². The zero-order valence-corrected chi connectivity index (χ0v) is 13.2. The predicted octanol–water partition coefficient (Wildman–Crippen LogP) is 3.34. The average molecular weight is 317 g/mol. The molecule has 1 atom stereocenters. The zero-order chi connectivity index (χ0) is 13.8. The molecule has 1 aromatic heterocycles. The van der Waals surface area contributed by atoms with Crippen molar-refractivity contribution in [3.05, 3.63) is 16.5 Å². The molecule has 0 saturated carbocycles. The normalized spacial score (nSPS) is 13.4. The lowest BCUT2D eigenvalue weighted by atomic mass is 9.96. The molecule has 0 N–H and O–H groups in total. The Kier molecular flexibility index (Phi) is 5.53. The molecule has 0 aliphatic carbocycles. The van der Waals surface area contributed by atoms with E-state index < -0.39 is 0 Å². The molecular formula is C13H21BrN2O2. The highest BCUT2D eigenvalue weighted by Gasteiger charge is 2.19. The largest absolute Gasteiger partial charge is 0.472 e. The van der Waals surface area contributed by atoms with Crippen molar-refractivity contribution >= 4 is 15.9 Å². The second-order valence-corrected chi connectivity index (χ2v) is 6.00. The molecular weight excluding hydrogens is 296 g/mol. The van der Waals surface area contributed by atoms with Crippen molar-refractivity contribution in [3.8, 4) is 5.88 Å². The minimum atomic E-state index is -0.106. The van der Waals surface area contributed by atoms with Crippen LogP contribution in [0.25, 0.3) is 0 Å². The van der Waals surface area contributed by atoms with Crippen molar-refractivity contribution in [3.63, 3.8) is 0 Å². The van der Waals surface area contributed by atoms with Crippen LogP contribution in [0.15, 0.2) is 10.7 Å². The van der Waals surface area contributed by atoms with Crippen LogP contribution in [0.5, 0.6) is 5.88 Å². The Balaban J connectivity index is 2.80. The quantitative estimate of drug-likeness (QED) is 0.781. The molecule has 0 fully saturated rings. The van der Waals surface area contributed by atoms with E-state index in [-0.39, 0.29) is 11.5 Å². The van der Waals surface area contributed by atoms with Crippen LogP contribution in [0.3, 0.4) is 0 Å². The van der Waals surface area contributed by atoms with Gasteiger partial charge in [-0.15, -0.1) is 0 Å². The van der Waals surface area contributed by atoms with Crippen molar-refractivity contribution in [1.82, 2.24) is 9.97 Å². The van der Waals surface area contributed by atoms with Crippen LogP contribution >= 0.6 is 15.9 Å². The second kappa shape index (κ2) is 6.48. The van der Waals surface area contributed by atoms with Crippen LogP contribution in [-0.4, -0.2) is 29.3 Å². The molecule has 1 heterocycles. The van der Waals surface area contributed by atoms with Gasteiger partial charge in [-0.3, -0.25) is 0 Å². The molecule has 0 saturated heterocycles. The van der Waals surface area contributed by atoms with Gasteiger partial charge in [0, 0.05) is 18.1 Å². The summed E-state index contributed by atoms with van der Waals surface area (Å²) in [5.41, 5.74) is -0.106. The first kappa shape index (κ1) is 15.4. The van der Waals surface area contributed by atoms with E-state index in [4.69, 9.17) is 9.47 Å². The minimum Gasteiger partial charge on any atom is -0.472 e. The van der Waals surface area contributed by atoms with E-state index in [1.165, 1.54) is 0 Å². The fourth-order valence-corrected chi connectivity index (χ4v) is 1.68. The highest BCUT2D eigenvalue weighted by molar-refractivity contribution is 9.10. The third kappa shape index (κ3) is 4.90. The van der Waals surface area contributed by atoms with Gasteiger partial charge in [0.25, 0.3) is 0 Å². The van der Waals surface area contributed by atoms with Crippen molar-refractivity contribution < 1.29 is 9.47 Å². The lowest BCUT2D eigenvalue weighted by Crippen LogP contribution is -2.22. The average Bonchev–Trinajstić information content (AvgIpc) is 2.24. The van der Waals surface area contributed by atoms with Crippen LogP contribution in [0, 0.1) is 0 Å². The Morgan fingerprint density at radius 2 is 2.00 bits per heavy atom. The summed E-state index contributed by atoms with van der Waals surface area (Å²) in [5.74, 6) is 1.34. The number of hydrogen-bond acceptors (Lipinski definition) is 4. The molecule has 0 aliphatic heterocycles. The van der Waals surface area contributed by atoms with Crippen LogP contribution in [0.1, 0.15) is 40.4 Å². The molecule has 0 spiro atoms. The number of hydrogen-bond donors (Lipinski definition) is 0. The summed E-state index contributed by atoms with van der Waals surface area (Å²) < 4.78 is 11.8. The van der Waals surface area contributed by atoms with Gasteiger partial charge in [0.15, 0.2) is 0 Å². The van der Waals surface area contributed by atoms with Gasteiger partial charge in [-0.1, -0.05) is 20.8 Å². The van der Waals surface area contributed by atoms with Gasteiger partial charge >= 0.3 is 0 Å². The fraction of sp³-hybridized carbons (Fsp3) is 0.692. The molecule has 0 aromatic carbocycles. The Morgan fingerprint density at radius 1 is 1.33 bits per heavy atom. The lowest BCUT2D eigenvalue weighted by Gasteiger charge is -2.19. The smallest absolute Gasteiger partial charge is 0.218 e. The molecule has 18 heavy (non-hydrogen) atoms. The van der Waals surface area contributed by atoms with E-state index in [1.807, 2.05) is 13.8 Å². The van der Waals surface area contributed by atoms with Gasteiger partial charge in [0.1, 0.15) is 16.5 Å². The molecule has 0 aliphatic rings. The summed E-state index contributed by atoms with van der Waals surface area (Å²) in [7, 11) is 0. The van der Waals surface area contributed by atoms with Gasteiger partial charge < -0.3 is 9.47 Å².